The molecule has 1 aromatic heterocycles. The molecule has 0 aliphatic heterocycles. The topological polar surface area (TPSA) is 29.9 Å². The summed E-state index contributed by atoms with van der Waals surface area (Å²) in [4.78, 5) is 0. The molecule has 2 rings (SSSR count). The lowest BCUT2D eigenvalue weighted by Crippen LogP contribution is -2.20. The Balaban J connectivity index is 2.28. The summed E-state index contributed by atoms with van der Waals surface area (Å²) < 4.78 is 3.09. The Morgan fingerprint density at radius 2 is 2.05 bits per heavy atom. The largest absolute Gasteiger partial charge is 0.313 e. The molecule has 2 aromatic rings. The van der Waals surface area contributed by atoms with E-state index in [9.17, 15) is 0 Å². The molecule has 0 fully saturated rings. The van der Waals surface area contributed by atoms with E-state index in [0.717, 1.165) is 34.6 Å². The average Bonchev–Trinajstić information content (AvgIpc) is 2.85. The van der Waals surface area contributed by atoms with Crippen molar-refractivity contribution >= 4 is 27.5 Å². The summed E-state index contributed by atoms with van der Waals surface area (Å²) in [5.41, 5.74) is 3.58. The van der Waals surface area contributed by atoms with Crippen LogP contribution in [0.5, 0.6) is 0 Å². The van der Waals surface area contributed by atoms with Crippen LogP contribution in [-0.4, -0.2) is 16.8 Å². The van der Waals surface area contributed by atoms with E-state index in [4.69, 9.17) is 11.6 Å². The lowest BCUT2D eigenvalue weighted by atomic mass is 10.0. The zero-order valence-electron chi connectivity index (χ0n) is 12.7. The molecule has 1 N–H and O–H groups in total. The molecule has 0 aliphatic carbocycles. The fraction of sp³-hybridized carbons (Fsp3) is 0.438. The van der Waals surface area contributed by atoms with Gasteiger partial charge in [0.25, 0.3) is 0 Å². The highest BCUT2D eigenvalue weighted by atomic mass is 79.9. The Labute approximate surface area is 139 Å². The number of hydrogen-bond acceptors (Lipinski definition) is 2. The minimum atomic E-state index is 0.215. The second-order valence-electron chi connectivity index (χ2n) is 5.04. The molecule has 0 spiro atoms. The minimum absolute atomic E-state index is 0.215. The van der Waals surface area contributed by atoms with Gasteiger partial charge in [-0.05, 0) is 50.2 Å². The van der Waals surface area contributed by atoms with Gasteiger partial charge < -0.3 is 5.32 Å². The first kappa shape index (κ1) is 16.5. The van der Waals surface area contributed by atoms with Crippen LogP contribution in [0, 0.1) is 0 Å². The van der Waals surface area contributed by atoms with Gasteiger partial charge in [-0.1, -0.05) is 34.5 Å². The summed E-state index contributed by atoms with van der Waals surface area (Å²) in [6.45, 7) is 5.15. The molecule has 0 saturated heterocycles. The summed E-state index contributed by atoms with van der Waals surface area (Å²) in [5, 5.41) is 8.74. The van der Waals surface area contributed by atoms with Crippen molar-refractivity contribution in [2.75, 3.05) is 7.05 Å². The third kappa shape index (κ3) is 4.09. The van der Waals surface area contributed by atoms with Crippen molar-refractivity contribution in [1.29, 1.82) is 0 Å². The summed E-state index contributed by atoms with van der Waals surface area (Å²) in [7, 11) is 1.98. The van der Waals surface area contributed by atoms with Crippen molar-refractivity contribution in [3.63, 3.8) is 0 Å². The molecular formula is C16H21BrClN3. The lowest BCUT2D eigenvalue weighted by Gasteiger charge is -2.18. The number of rotatable bonds is 6. The summed E-state index contributed by atoms with van der Waals surface area (Å²) in [6.07, 6.45) is 1.86. The Morgan fingerprint density at radius 1 is 1.29 bits per heavy atom. The van der Waals surface area contributed by atoms with Crippen molar-refractivity contribution in [3.8, 4) is 0 Å². The van der Waals surface area contributed by atoms with Crippen LogP contribution in [0.2, 0.25) is 5.02 Å². The number of nitrogens with zero attached hydrogens (tertiary/aromatic N) is 2. The number of aromatic nitrogens is 2. The number of benzene rings is 1. The SMILES string of the molecule is CCc1cc(CC(NC)c2cc(Cl)cc(Br)c2)n(CC)n1. The number of nitrogens with one attached hydrogen (secondary N) is 1. The monoisotopic (exact) mass is 369 g/mol. The number of halogens is 2. The lowest BCUT2D eigenvalue weighted by molar-refractivity contribution is 0.540. The predicted molar refractivity (Wildman–Crippen MR) is 91.9 cm³/mol. The van der Waals surface area contributed by atoms with E-state index >= 15 is 0 Å². The van der Waals surface area contributed by atoms with E-state index in [0.29, 0.717) is 0 Å². The van der Waals surface area contributed by atoms with E-state index in [1.807, 2.05) is 19.2 Å². The standard InChI is InChI=1S/C16H21BrClN3/c1-4-14-9-15(21(5-2)20-14)10-16(19-3)11-6-12(17)8-13(18)7-11/h6-9,16,19H,4-5,10H2,1-3H3. The van der Waals surface area contributed by atoms with Crippen LogP contribution in [0.25, 0.3) is 0 Å². The van der Waals surface area contributed by atoms with Gasteiger partial charge in [0.15, 0.2) is 0 Å². The first-order valence-electron chi connectivity index (χ1n) is 7.26. The van der Waals surface area contributed by atoms with Gasteiger partial charge in [0.2, 0.25) is 0 Å². The number of likely N-dealkylation sites (N-methyl/N-ethyl adjacent to an activating group) is 1. The second kappa shape index (κ2) is 7.43. The summed E-state index contributed by atoms with van der Waals surface area (Å²) >= 11 is 9.67. The number of hydrogen-bond donors (Lipinski definition) is 1. The smallest absolute Gasteiger partial charge is 0.0624 e. The molecule has 1 atom stereocenters. The van der Waals surface area contributed by atoms with Crippen molar-refractivity contribution in [2.24, 2.45) is 0 Å². The number of aryl methyl sites for hydroxylation is 2. The van der Waals surface area contributed by atoms with Gasteiger partial charge >= 0.3 is 0 Å². The van der Waals surface area contributed by atoms with Gasteiger partial charge in [0, 0.05) is 34.2 Å². The van der Waals surface area contributed by atoms with Crippen molar-refractivity contribution in [1.82, 2.24) is 15.1 Å². The second-order valence-corrected chi connectivity index (χ2v) is 6.40. The van der Waals surface area contributed by atoms with Crippen LogP contribution in [0.1, 0.15) is 36.8 Å². The maximum Gasteiger partial charge on any atom is 0.0624 e. The zero-order chi connectivity index (χ0) is 15.4. The first-order chi connectivity index (χ1) is 10.1. The van der Waals surface area contributed by atoms with E-state index in [-0.39, 0.29) is 6.04 Å². The van der Waals surface area contributed by atoms with Crippen LogP contribution in [0.15, 0.2) is 28.7 Å². The fourth-order valence-corrected chi connectivity index (χ4v) is 3.38. The van der Waals surface area contributed by atoms with Crippen LogP contribution in [-0.2, 0) is 19.4 Å². The molecule has 3 nitrogen and oxygen atoms in total. The summed E-state index contributed by atoms with van der Waals surface area (Å²) in [5.74, 6) is 0. The Bertz CT molecular complexity index is 589. The molecule has 21 heavy (non-hydrogen) atoms. The normalized spacial score (nSPS) is 12.6. The molecule has 0 aliphatic rings. The maximum absolute atomic E-state index is 6.16. The highest BCUT2D eigenvalue weighted by Gasteiger charge is 2.15. The van der Waals surface area contributed by atoms with Gasteiger partial charge in [0.1, 0.15) is 0 Å². The van der Waals surface area contributed by atoms with Crippen LogP contribution < -0.4 is 5.32 Å². The molecule has 1 aromatic carbocycles. The third-order valence-corrected chi connectivity index (χ3v) is 4.30. The highest BCUT2D eigenvalue weighted by Crippen LogP contribution is 2.26. The van der Waals surface area contributed by atoms with E-state index in [2.05, 4.69) is 57.0 Å². The molecule has 5 heteroatoms. The average molecular weight is 371 g/mol. The van der Waals surface area contributed by atoms with Gasteiger partial charge in [-0.25, -0.2) is 0 Å². The van der Waals surface area contributed by atoms with Gasteiger partial charge in [-0.2, -0.15) is 5.10 Å². The maximum atomic E-state index is 6.16. The fourth-order valence-electron chi connectivity index (χ4n) is 2.50. The zero-order valence-corrected chi connectivity index (χ0v) is 15.0. The minimum Gasteiger partial charge on any atom is -0.313 e. The molecule has 114 valence electrons. The van der Waals surface area contributed by atoms with Crippen molar-refractivity contribution < 1.29 is 0 Å². The molecular weight excluding hydrogens is 350 g/mol. The quantitative estimate of drug-likeness (QED) is 0.817. The van der Waals surface area contributed by atoms with Gasteiger partial charge in [-0.3, -0.25) is 4.68 Å². The highest BCUT2D eigenvalue weighted by molar-refractivity contribution is 9.10. The van der Waals surface area contributed by atoms with Gasteiger partial charge in [0.05, 0.1) is 5.69 Å². The van der Waals surface area contributed by atoms with Crippen LogP contribution in [0.3, 0.4) is 0 Å². The van der Waals surface area contributed by atoms with Crippen molar-refractivity contribution in [2.45, 2.75) is 39.3 Å². The molecule has 1 heterocycles. The molecule has 0 amide bonds. The van der Waals surface area contributed by atoms with Crippen molar-refractivity contribution in [3.05, 3.63) is 50.7 Å². The molecule has 0 saturated carbocycles. The van der Waals surface area contributed by atoms with E-state index in [1.165, 1.54) is 11.3 Å². The summed E-state index contributed by atoms with van der Waals surface area (Å²) in [6, 6.07) is 8.45. The van der Waals surface area contributed by atoms with Crippen LogP contribution >= 0.6 is 27.5 Å². The predicted octanol–water partition coefficient (Wildman–Crippen LogP) is 4.38. The first-order valence-corrected chi connectivity index (χ1v) is 8.43. The Morgan fingerprint density at radius 3 is 2.62 bits per heavy atom. The Kier molecular flexibility index (Phi) is 5.85. The third-order valence-electron chi connectivity index (χ3n) is 3.62. The Hall–Kier alpha value is -0.840. The molecule has 1 unspecified atom stereocenters. The van der Waals surface area contributed by atoms with Gasteiger partial charge in [-0.15, -0.1) is 0 Å². The van der Waals surface area contributed by atoms with E-state index in [1.54, 1.807) is 0 Å². The molecule has 0 radical (unpaired) electrons. The van der Waals surface area contributed by atoms with Crippen LogP contribution in [0.4, 0.5) is 0 Å². The molecule has 0 bridgehead atoms. The van der Waals surface area contributed by atoms with E-state index < -0.39 is 0 Å².